The Morgan fingerprint density at radius 1 is 1.50 bits per heavy atom. The molecule has 1 atom stereocenters. The minimum Gasteiger partial charge on any atom is -0.486 e. The number of hydrogen-bond acceptors (Lipinski definition) is 3. The summed E-state index contributed by atoms with van der Waals surface area (Å²) in [5.41, 5.74) is 0.380. The molecule has 0 bridgehead atoms. The molecule has 1 amide bonds. The van der Waals surface area contributed by atoms with E-state index in [2.05, 4.69) is 15.3 Å². The van der Waals surface area contributed by atoms with Gasteiger partial charge in [-0.25, -0.2) is 9.37 Å². The molecule has 0 radical (unpaired) electrons. The lowest BCUT2D eigenvalue weighted by Crippen LogP contribution is -2.35. The summed E-state index contributed by atoms with van der Waals surface area (Å²) >= 11 is 0. The number of ether oxygens (including phenoxy) is 1. The van der Waals surface area contributed by atoms with E-state index in [0.717, 1.165) is 0 Å². The number of imidazole rings is 1. The van der Waals surface area contributed by atoms with Crippen molar-refractivity contribution >= 4 is 5.91 Å². The summed E-state index contributed by atoms with van der Waals surface area (Å²) in [6.45, 7) is 2.20. The Morgan fingerprint density at radius 2 is 2.30 bits per heavy atom. The molecule has 1 heterocycles. The highest BCUT2D eigenvalue weighted by Crippen LogP contribution is 2.17. The third-order valence-corrected chi connectivity index (χ3v) is 2.82. The van der Waals surface area contributed by atoms with Crippen molar-refractivity contribution in [3.8, 4) is 5.75 Å². The largest absolute Gasteiger partial charge is 0.486 e. The van der Waals surface area contributed by atoms with Crippen LogP contribution in [0.25, 0.3) is 0 Å². The molecule has 0 fully saturated rings. The van der Waals surface area contributed by atoms with Gasteiger partial charge in [0, 0.05) is 0 Å². The molecule has 20 heavy (non-hydrogen) atoms. The fourth-order valence-electron chi connectivity index (χ4n) is 1.67. The molecular formula is C14H16FN3O2. The summed E-state index contributed by atoms with van der Waals surface area (Å²) in [6, 6.07) is 6.21. The van der Waals surface area contributed by atoms with Crippen LogP contribution in [0, 0.1) is 5.82 Å². The van der Waals surface area contributed by atoms with Gasteiger partial charge in [-0.15, -0.1) is 0 Å². The molecule has 0 unspecified atom stereocenters. The lowest BCUT2D eigenvalue weighted by molar-refractivity contribution is 0.0920. The summed E-state index contributed by atoms with van der Waals surface area (Å²) in [6.07, 6.45) is 3.23. The molecular weight excluding hydrogens is 261 g/mol. The first kappa shape index (κ1) is 14.0. The highest BCUT2D eigenvalue weighted by Gasteiger charge is 2.13. The van der Waals surface area contributed by atoms with Crippen molar-refractivity contribution in [2.24, 2.45) is 0 Å². The van der Waals surface area contributed by atoms with Gasteiger partial charge in [-0.1, -0.05) is 19.1 Å². The Bertz CT molecular complexity index is 557. The fraction of sp³-hybridized carbons (Fsp3) is 0.286. The number of para-hydroxylation sites is 1. The number of carbonyl (C=O) groups is 1. The van der Waals surface area contributed by atoms with Crippen molar-refractivity contribution in [1.29, 1.82) is 0 Å². The Kier molecular flexibility index (Phi) is 4.70. The van der Waals surface area contributed by atoms with E-state index in [1.54, 1.807) is 18.2 Å². The average molecular weight is 277 g/mol. The smallest absolute Gasteiger partial charge is 0.269 e. The number of carbonyl (C=O) groups excluding carboxylic acids is 1. The van der Waals surface area contributed by atoms with Gasteiger partial charge in [-0.3, -0.25) is 4.79 Å². The molecule has 0 aliphatic rings. The first-order chi connectivity index (χ1) is 9.70. The summed E-state index contributed by atoms with van der Waals surface area (Å²) < 4.78 is 19.0. The normalized spacial score (nSPS) is 11.9. The van der Waals surface area contributed by atoms with E-state index in [0.29, 0.717) is 18.7 Å². The lowest BCUT2D eigenvalue weighted by atomic mass is 10.2. The Balaban J connectivity index is 1.90. The van der Waals surface area contributed by atoms with Crippen LogP contribution in [-0.2, 0) is 0 Å². The molecule has 6 heteroatoms. The van der Waals surface area contributed by atoms with Crippen molar-refractivity contribution in [1.82, 2.24) is 15.3 Å². The van der Waals surface area contributed by atoms with Crippen LogP contribution in [0.1, 0.15) is 23.8 Å². The maximum absolute atomic E-state index is 13.5. The van der Waals surface area contributed by atoms with Crippen molar-refractivity contribution in [3.05, 3.63) is 48.3 Å². The maximum atomic E-state index is 13.5. The van der Waals surface area contributed by atoms with Crippen molar-refractivity contribution in [3.63, 3.8) is 0 Å². The van der Waals surface area contributed by atoms with Crippen molar-refractivity contribution in [2.75, 3.05) is 6.54 Å². The number of H-pyrrole nitrogens is 1. The van der Waals surface area contributed by atoms with Gasteiger partial charge in [0.05, 0.1) is 19.1 Å². The molecule has 106 valence electrons. The number of halogens is 1. The van der Waals surface area contributed by atoms with E-state index in [4.69, 9.17) is 4.74 Å². The molecule has 2 rings (SSSR count). The first-order valence-corrected chi connectivity index (χ1v) is 6.38. The molecule has 1 aromatic carbocycles. The van der Waals surface area contributed by atoms with Crippen LogP contribution >= 0.6 is 0 Å². The molecule has 1 aromatic heterocycles. The standard InChI is InChI=1S/C14H16FN3O2/c1-2-10(20-13-6-4-3-5-11(13)15)7-17-14(19)12-8-16-9-18-12/h3-6,8-10H,2,7H2,1H3,(H,16,18)(H,17,19)/t10-/m0/s1. The molecule has 5 nitrogen and oxygen atoms in total. The topological polar surface area (TPSA) is 67.0 Å². The monoisotopic (exact) mass is 277 g/mol. The van der Waals surface area contributed by atoms with E-state index < -0.39 is 5.82 Å². The van der Waals surface area contributed by atoms with Gasteiger partial charge in [-0.2, -0.15) is 0 Å². The number of aromatic nitrogens is 2. The van der Waals surface area contributed by atoms with Gasteiger partial charge >= 0.3 is 0 Å². The van der Waals surface area contributed by atoms with Gasteiger partial charge in [0.1, 0.15) is 11.8 Å². The molecule has 0 aliphatic heterocycles. The van der Waals surface area contributed by atoms with Gasteiger partial charge in [-0.05, 0) is 18.6 Å². The van der Waals surface area contributed by atoms with Crippen LogP contribution in [0.3, 0.4) is 0 Å². The zero-order valence-corrected chi connectivity index (χ0v) is 11.1. The molecule has 0 saturated carbocycles. The Hall–Kier alpha value is -2.37. The predicted octanol–water partition coefficient (Wildman–Crippen LogP) is 2.14. The minimum atomic E-state index is -0.411. The highest BCUT2D eigenvalue weighted by molar-refractivity contribution is 5.91. The van der Waals surface area contributed by atoms with Crippen LogP contribution in [0.15, 0.2) is 36.8 Å². The number of aromatic amines is 1. The second-order valence-corrected chi connectivity index (χ2v) is 4.25. The molecule has 0 saturated heterocycles. The van der Waals surface area contributed by atoms with E-state index in [9.17, 15) is 9.18 Å². The fourth-order valence-corrected chi connectivity index (χ4v) is 1.67. The van der Waals surface area contributed by atoms with Crippen LogP contribution in [-0.4, -0.2) is 28.5 Å². The third-order valence-electron chi connectivity index (χ3n) is 2.82. The number of amides is 1. The molecule has 0 aliphatic carbocycles. The Morgan fingerprint density at radius 3 is 2.95 bits per heavy atom. The van der Waals surface area contributed by atoms with E-state index in [1.807, 2.05) is 6.92 Å². The second kappa shape index (κ2) is 6.70. The number of hydrogen-bond donors (Lipinski definition) is 2. The van der Waals surface area contributed by atoms with Crippen LogP contribution in [0.4, 0.5) is 4.39 Å². The minimum absolute atomic E-state index is 0.190. The van der Waals surface area contributed by atoms with E-state index in [1.165, 1.54) is 18.6 Å². The first-order valence-electron chi connectivity index (χ1n) is 6.38. The second-order valence-electron chi connectivity index (χ2n) is 4.25. The average Bonchev–Trinajstić information content (AvgIpc) is 2.99. The lowest BCUT2D eigenvalue weighted by Gasteiger charge is -2.18. The van der Waals surface area contributed by atoms with Crippen LogP contribution in [0.5, 0.6) is 5.75 Å². The Labute approximate surface area is 116 Å². The SMILES string of the molecule is CC[C@@H](CNC(=O)c1cnc[nH]1)Oc1ccccc1F. The maximum Gasteiger partial charge on any atom is 0.269 e. The van der Waals surface area contributed by atoms with Crippen LogP contribution in [0.2, 0.25) is 0 Å². The summed E-state index contributed by atoms with van der Waals surface area (Å²) in [5, 5.41) is 2.72. The van der Waals surface area contributed by atoms with Gasteiger partial charge < -0.3 is 15.0 Å². The van der Waals surface area contributed by atoms with E-state index >= 15 is 0 Å². The van der Waals surface area contributed by atoms with E-state index in [-0.39, 0.29) is 17.8 Å². The number of benzene rings is 1. The predicted molar refractivity (Wildman–Crippen MR) is 72.0 cm³/mol. The summed E-state index contributed by atoms with van der Waals surface area (Å²) in [4.78, 5) is 18.2. The van der Waals surface area contributed by atoms with Gasteiger partial charge in [0.2, 0.25) is 0 Å². The van der Waals surface area contributed by atoms with Crippen molar-refractivity contribution in [2.45, 2.75) is 19.4 Å². The zero-order valence-electron chi connectivity index (χ0n) is 11.1. The molecule has 2 aromatic rings. The van der Waals surface area contributed by atoms with Gasteiger partial charge in [0.25, 0.3) is 5.91 Å². The number of nitrogens with zero attached hydrogens (tertiary/aromatic N) is 1. The molecule has 0 spiro atoms. The third kappa shape index (κ3) is 3.57. The summed E-state index contributed by atoms with van der Waals surface area (Å²) in [5.74, 6) is -0.487. The number of nitrogens with one attached hydrogen (secondary N) is 2. The summed E-state index contributed by atoms with van der Waals surface area (Å²) in [7, 11) is 0. The van der Waals surface area contributed by atoms with Crippen molar-refractivity contribution < 1.29 is 13.9 Å². The quantitative estimate of drug-likeness (QED) is 0.850. The molecule has 2 N–H and O–H groups in total. The van der Waals surface area contributed by atoms with Gasteiger partial charge in [0.15, 0.2) is 11.6 Å². The highest BCUT2D eigenvalue weighted by atomic mass is 19.1. The number of rotatable bonds is 6. The van der Waals surface area contributed by atoms with Crippen LogP contribution < -0.4 is 10.1 Å². The zero-order chi connectivity index (χ0) is 14.4.